The van der Waals surface area contributed by atoms with E-state index in [1.54, 1.807) is 30.3 Å². The van der Waals surface area contributed by atoms with Crippen LogP contribution in [0.25, 0.3) is 0 Å². The van der Waals surface area contributed by atoms with E-state index in [0.717, 1.165) is 27.7 Å². The molecule has 1 aromatic rings. The fourth-order valence-corrected chi connectivity index (χ4v) is 4.56. The van der Waals surface area contributed by atoms with Crippen molar-refractivity contribution < 1.29 is 71.4 Å². The summed E-state index contributed by atoms with van der Waals surface area (Å²) in [6, 6.07) is 6.50. The number of anilines is 1. The number of carbonyl (C=O) groups is 6. The van der Waals surface area contributed by atoms with Crippen molar-refractivity contribution in [3.05, 3.63) is 36.4 Å². The third-order valence-electron chi connectivity index (χ3n) is 6.25. The lowest BCUT2D eigenvalue weighted by atomic mass is 9.97. The molecule has 1 fully saturated rings. The zero-order valence-electron chi connectivity index (χ0n) is 26.1. The van der Waals surface area contributed by atoms with Crippen LogP contribution in [-0.4, -0.2) is 98.2 Å². The first kappa shape index (κ1) is 35.9. The molecule has 0 radical (unpaired) electrons. The van der Waals surface area contributed by atoms with Gasteiger partial charge in [0.2, 0.25) is 12.2 Å². The molecule has 1 N–H and O–H groups in total. The average Bonchev–Trinajstić information content (AvgIpc) is 2.95. The van der Waals surface area contributed by atoms with E-state index in [1.807, 2.05) is 0 Å². The molecule has 3 rings (SSSR count). The van der Waals surface area contributed by atoms with E-state index in [1.165, 1.54) is 19.9 Å². The molecule has 8 atom stereocenters. The van der Waals surface area contributed by atoms with Gasteiger partial charge in [-0.2, -0.15) is 0 Å². The van der Waals surface area contributed by atoms with Gasteiger partial charge in [0.25, 0.3) is 0 Å². The Hall–Kier alpha value is -4.54. The van der Waals surface area contributed by atoms with Gasteiger partial charge in [-0.15, -0.1) is 0 Å². The lowest BCUT2D eigenvalue weighted by molar-refractivity contribution is -0.322. The Kier molecular flexibility index (Phi) is 13.0. The number of hydrogen-bond acceptors (Lipinski definition) is 15. The molecule has 0 aromatic heterocycles. The van der Waals surface area contributed by atoms with E-state index in [2.05, 4.69) is 5.32 Å². The molecule has 16 heteroatoms. The molecule has 2 aliphatic heterocycles. The Morgan fingerprint density at radius 2 is 1.20 bits per heavy atom. The molecule has 252 valence electrons. The Morgan fingerprint density at radius 3 is 1.74 bits per heavy atom. The molecule has 1 saturated heterocycles. The minimum atomic E-state index is -1.50. The highest BCUT2D eigenvalue weighted by atomic mass is 16.8. The summed E-state index contributed by atoms with van der Waals surface area (Å²) < 4.78 is 50.6. The van der Waals surface area contributed by atoms with Gasteiger partial charge >= 0.3 is 29.8 Å². The van der Waals surface area contributed by atoms with Gasteiger partial charge in [0.05, 0.1) is 0 Å². The Labute approximate surface area is 264 Å². The fourth-order valence-electron chi connectivity index (χ4n) is 4.56. The van der Waals surface area contributed by atoms with Crippen LogP contribution in [0.3, 0.4) is 0 Å². The van der Waals surface area contributed by atoms with Crippen molar-refractivity contribution in [1.82, 2.24) is 0 Å². The smallest absolute Gasteiger partial charge is 0.303 e. The van der Waals surface area contributed by atoms with Crippen molar-refractivity contribution in [1.29, 1.82) is 0 Å². The average molecular weight is 652 g/mol. The molecule has 0 aliphatic carbocycles. The summed E-state index contributed by atoms with van der Waals surface area (Å²) in [5, 5.41) is 2.65. The van der Waals surface area contributed by atoms with Gasteiger partial charge in [0, 0.05) is 47.2 Å². The lowest BCUT2D eigenvalue weighted by Crippen LogP contribution is -2.63. The van der Waals surface area contributed by atoms with E-state index in [4.69, 9.17) is 42.6 Å². The van der Waals surface area contributed by atoms with E-state index >= 15 is 0 Å². The van der Waals surface area contributed by atoms with Gasteiger partial charge in [-0.3, -0.25) is 28.8 Å². The number of hydrogen-bond donors (Lipinski definition) is 1. The van der Waals surface area contributed by atoms with Gasteiger partial charge in [-0.1, -0.05) is 6.08 Å². The summed E-state index contributed by atoms with van der Waals surface area (Å²) in [6.45, 7) is 6.32. The number of ether oxygens (including phenoxy) is 9. The molecular formula is C30H37NO15. The predicted molar refractivity (Wildman–Crippen MR) is 153 cm³/mol. The van der Waals surface area contributed by atoms with Crippen LogP contribution < -0.4 is 10.1 Å². The van der Waals surface area contributed by atoms with Gasteiger partial charge in [-0.25, -0.2) is 0 Å². The van der Waals surface area contributed by atoms with Crippen LogP contribution >= 0.6 is 0 Å². The minimum absolute atomic E-state index is 0.233. The molecule has 2 heterocycles. The highest BCUT2D eigenvalue weighted by Crippen LogP contribution is 2.32. The van der Waals surface area contributed by atoms with Crippen LogP contribution in [0.15, 0.2) is 36.4 Å². The SMILES string of the molecule is CC(=O)Nc1ccc(O[C@@H]2C=C[C@H](O[C@H]3OC(COC(C)=O)[C@@H](OC(C)=O)C(OC(C)=O)[C@H]3OC(C)=O)C(COC(C)=O)O2)cc1. The second kappa shape index (κ2) is 16.7. The van der Waals surface area contributed by atoms with Crippen molar-refractivity contribution in [2.45, 2.75) is 90.7 Å². The molecule has 1 aromatic carbocycles. The largest absolute Gasteiger partial charge is 0.463 e. The van der Waals surface area contributed by atoms with Gasteiger partial charge in [0.15, 0.2) is 24.6 Å². The van der Waals surface area contributed by atoms with Crippen LogP contribution in [0.4, 0.5) is 5.69 Å². The zero-order valence-corrected chi connectivity index (χ0v) is 26.1. The Balaban J connectivity index is 1.90. The number of nitrogens with one attached hydrogen (secondary N) is 1. The normalized spacial score (nSPS) is 27.0. The van der Waals surface area contributed by atoms with Crippen LogP contribution in [0, 0.1) is 0 Å². The first-order valence-corrected chi connectivity index (χ1v) is 14.2. The van der Waals surface area contributed by atoms with Gasteiger partial charge in [-0.05, 0) is 30.3 Å². The summed E-state index contributed by atoms with van der Waals surface area (Å²) in [6.07, 6.45) is -6.95. The second-order valence-electron chi connectivity index (χ2n) is 10.2. The molecule has 3 unspecified atom stereocenters. The monoisotopic (exact) mass is 651 g/mol. The minimum Gasteiger partial charge on any atom is -0.463 e. The zero-order chi connectivity index (χ0) is 34.0. The molecule has 0 spiro atoms. The molecule has 1 amide bonds. The summed E-state index contributed by atoms with van der Waals surface area (Å²) in [4.78, 5) is 70.8. The van der Waals surface area contributed by atoms with E-state index < -0.39 is 85.7 Å². The van der Waals surface area contributed by atoms with Crippen molar-refractivity contribution >= 4 is 41.4 Å². The van der Waals surface area contributed by atoms with E-state index in [9.17, 15) is 28.8 Å². The number of carbonyl (C=O) groups excluding carboxylic acids is 6. The molecule has 0 bridgehead atoms. The highest BCUT2D eigenvalue weighted by Gasteiger charge is 2.53. The van der Waals surface area contributed by atoms with Crippen molar-refractivity contribution in [3.63, 3.8) is 0 Å². The first-order valence-electron chi connectivity index (χ1n) is 14.2. The van der Waals surface area contributed by atoms with Crippen LogP contribution in [-0.2, 0) is 66.7 Å². The predicted octanol–water partition coefficient (Wildman–Crippen LogP) is 1.34. The van der Waals surface area contributed by atoms with Crippen molar-refractivity contribution in [2.75, 3.05) is 18.5 Å². The quantitative estimate of drug-likeness (QED) is 0.193. The maximum absolute atomic E-state index is 12.2. The van der Waals surface area contributed by atoms with Crippen molar-refractivity contribution in [3.8, 4) is 5.75 Å². The molecule has 0 saturated carbocycles. The van der Waals surface area contributed by atoms with Crippen LogP contribution in [0.5, 0.6) is 5.75 Å². The summed E-state index contributed by atoms with van der Waals surface area (Å²) >= 11 is 0. The molecular weight excluding hydrogens is 614 g/mol. The standard InChI is InChI=1S/C30H37NO15/c1-15(32)31-21-7-9-22(10-8-21)43-26-12-11-23(24(44-26)13-38-16(2)33)45-30-29(42-20(6)37)28(41-19(5)36)27(40-18(4)35)25(46-30)14-39-17(3)34/h7-12,23-30H,13-14H2,1-6H3,(H,31,32)/t23-,24?,25?,26-,27+,28?,29+,30-/m0/s1. The maximum Gasteiger partial charge on any atom is 0.303 e. The fraction of sp³-hybridized carbons (Fsp3) is 0.533. The Morgan fingerprint density at radius 1 is 0.652 bits per heavy atom. The van der Waals surface area contributed by atoms with Crippen LogP contribution in [0.2, 0.25) is 0 Å². The number of rotatable bonds is 12. The number of benzene rings is 1. The Bertz CT molecular complexity index is 1300. The molecule has 2 aliphatic rings. The third-order valence-corrected chi connectivity index (χ3v) is 6.25. The lowest BCUT2D eigenvalue weighted by Gasteiger charge is -2.45. The van der Waals surface area contributed by atoms with Crippen molar-refractivity contribution in [2.24, 2.45) is 0 Å². The summed E-state index contributed by atoms with van der Waals surface area (Å²) in [5.41, 5.74) is 0.561. The second-order valence-corrected chi connectivity index (χ2v) is 10.2. The maximum atomic E-state index is 12.2. The highest BCUT2D eigenvalue weighted by molar-refractivity contribution is 5.88. The number of esters is 5. The molecule has 46 heavy (non-hydrogen) atoms. The van der Waals surface area contributed by atoms with Gasteiger partial charge in [0.1, 0.15) is 37.3 Å². The van der Waals surface area contributed by atoms with E-state index in [-0.39, 0.29) is 12.5 Å². The summed E-state index contributed by atoms with van der Waals surface area (Å²) in [5.74, 6) is -3.49. The number of amides is 1. The summed E-state index contributed by atoms with van der Waals surface area (Å²) in [7, 11) is 0. The topological polar surface area (TPSA) is 198 Å². The molecule has 16 nitrogen and oxygen atoms in total. The van der Waals surface area contributed by atoms with Gasteiger partial charge < -0.3 is 47.9 Å². The van der Waals surface area contributed by atoms with E-state index in [0.29, 0.717) is 11.4 Å². The third kappa shape index (κ3) is 11.1. The van der Waals surface area contributed by atoms with Crippen LogP contribution in [0.1, 0.15) is 41.5 Å². The first-order chi connectivity index (χ1) is 21.7.